The highest BCUT2D eigenvalue weighted by Crippen LogP contribution is 2.29. The first-order valence-electron chi connectivity index (χ1n) is 9.71. The highest BCUT2D eigenvalue weighted by atomic mass is 32.2. The van der Waals surface area contributed by atoms with Gasteiger partial charge in [0, 0.05) is 49.6 Å². The number of hydrogen-bond donors (Lipinski definition) is 1. The van der Waals surface area contributed by atoms with Gasteiger partial charge in [-0.15, -0.1) is 0 Å². The lowest BCUT2D eigenvalue weighted by Crippen LogP contribution is -2.50. The molecular weight excluding hydrogens is 354 g/mol. The highest BCUT2D eigenvalue weighted by Gasteiger charge is 2.28. The van der Waals surface area contributed by atoms with Crippen LogP contribution in [0, 0.1) is 0 Å². The normalized spacial score (nSPS) is 17.1. The quantitative estimate of drug-likeness (QED) is 0.611. The number of aliphatic imine (C=N–C) groups is 1. The Morgan fingerprint density at radius 2 is 2.11 bits per heavy atom. The van der Waals surface area contributed by atoms with Gasteiger partial charge in [-0.1, -0.05) is 30.3 Å². The standard InChI is InChI=1S/C21H31N5S/c1-21(2)17-26(14-15-27-21)20(22-3)24-16-19-23-11-13-25(19)12-7-10-18-8-5-4-6-9-18/h4-6,8-9,11,13H,7,10,12,14-17H2,1-3H3,(H,22,24). The van der Waals surface area contributed by atoms with Crippen LogP contribution in [0.4, 0.5) is 0 Å². The van der Waals surface area contributed by atoms with E-state index in [-0.39, 0.29) is 4.75 Å². The lowest BCUT2D eigenvalue weighted by atomic mass is 10.1. The summed E-state index contributed by atoms with van der Waals surface area (Å²) in [7, 11) is 1.86. The maximum absolute atomic E-state index is 4.54. The van der Waals surface area contributed by atoms with Gasteiger partial charge in [0.1, 0.15) is 5.82 Å². The number of nitrogens with one attached hydrogen (secondary N) is 1. The van der Waals surface area contributed by atoms with Gasteiger partial charge in [0.05, 0.1) is 6.54 Å². The summed E-state index contributed by atoms with van der Waals surface area (Å²) in [6.45, 7) is 8.35. The van der Waals surface area contributed by atoms with Crippen molar-refractivity contribution >= 4 is 17.7 Å². The third kappa shape index (κ3) is 5.76. The molecule has 6 heteroatoms. The predicted octanol–water partition coefficient (Wildman–Crippen LogP) is 3.42. The number of aryl methyl sites for hydroxylation is 2. The van der Waals surface area contributed by atoms with Crippen molar-refractivity contribution in [3.05, 3.63) is 54.1 Å². The van der Waals surface area contributed by atoms with Crippen LogP contribution in [0.5, 0.6) is 0 Å². The van der Waals surface area contributed by atoms with E-state index in [1.165, 1.54) is 5.56 Å². The van der Waals surface area contributed by atoms with Gasteiger partial charge in [0.25, 0.3) is 0 Å². The van der Waals surface area contributed by atoms with E-state index < -0.39 is 0 Å². The predicted molar refractivity (Wildman–Crippen MR) is 115 cm³/mol. The van der Waals surface area contributed by atoms with E-state index >= 15 is 0 Å². The minimum Gasteiger partial charge on any atom is -0.349 e. The Hall–Kier alpha value is -1.95. The molecule has 146 valence electrons. The summed E-state index contributed by atoms with van der Waals surface area (Å²) >= 11 is 2.04. The summed E-state index contributed by atoms with van der Waals surface area (Å²) in [5.74, 6) is 3.18. The first kappa shape index (κ1) is 19.8. The minimum absolute atomic E-state index is 0.270. The van der Waals surface area contributed by atoms with Crippen LogP contribution in [-0.2, 0) is 19.5 Å². The second-order valence-electron chi connectivity index (χ2n) is 7.56. The molecule has 1 fully saturated rings. The molecule has 0 spiro atoms. The summed E-state index contributed by atoms with van der Waals surface area (Å²) in [6, 6.07) is 10.7. The van der Waals surface area contributed by atoms with Gasteiger partial charge < -0.3 is 14.8 Å². The average Bonchev–Trinajstić information content (AvgIpc) is 3.10. The molecule has 5 nitrogen and oxygen atoms in total. The Morgan fingerprint density at radius 1 is 1.30 bits per heavy atom. The van der Waals surface area contributed by atoms with Crippen LogP contribution in [0.3, 0.4) is 0 Å². The molecule has 1 aliphatic heterocycles. The highest BCUT2D eigenvalue weighted by molar-refractivity contribution is 8.00. The Kier molecular flexibility index (Phi) is 6.83. The van der Waals surface area contributed by atoms with Crippen molar-refractivity contribution in [2.75, 3.05) is 25.9 Å². The number of aromatic nitrogens is 2. The fraction of sp³-hybridized carbons (Fsp3) is 0.524. The summed E-state index contributed by atoms with van der Waals surface area (Å²) < 4.78 is 2.52. The number of thioether (sulfide) groups is 1. The summed E-state index contributed by atoms with van der Waals surface area (Å²) in [4.78, 5) is 11.4. The van der Waals surface area contributed by atoms with Gasteiger partial charge >= 0.3 is 0 Å². The molecule has 0 bridgehead atoms. The number of guanidine groups is 1. The van der Waals surface area contributed by atoms with Crippen molar-refractivity contribution in [1.82, 2.24) is 19.8 Å². The molecule has 2 heterocycles. The van der Waals surface area contributed by atoms with E-state index in [1.807, 2.05) is 25.0 Å². The molecule has 1 aliphatic rings. The number of benzene rings is 1. The van der Waals surface area contributed by atoms with E-state index in [4.69, 9.17) is 0 Å². The van der Waals surface area contributed by atoms with Crippen LogP contribution in [0.25, 0.3) is 0 Å². The molecule has 3 rings (SSSR count). The second kappa shape index (κ2) is 9.31. The Labute approximate surface area is 167 Å². The van der Waals surface area contributed by atoms with Gasteiger partial charge in [-0.3, -0.25) is 4.99 Å². The smallest absolute Gasteiger partial charge is 0.194 e. The summed E-state index contributed by atoms with van der Waals surface area (Å²) in [5, 5.41) is 3.51. The third-order valence-corrected chi connectivity index (χ3v) is 6.15. The summed E-state index contributed by atoms with van der Waals surface area (Å²) in [6.07, 6.45) is 6.17. The number of imidazole rings is 1. The molecule has 0 amide bonds. The molecule has 0 aliphatic carbocycles. The van der Waals surface area contributed by atoms with Crippen molar-refractivity contribution < 1.29 is 0 Å². The first-order valence-corrected chi connectivity index (χ1v) is 10.7. The van der Waals surface area contributed by atoms with E-state index in [2.05, 4.69) is 75.1 Å². The number of rotatable bonds is 6. The fourth-order valence-electron chi connectivity index (χ4n) is 3.50. The zero-order valence-electron chi connectivity index (χ0n) is 16.7. The lowest BCUT2D eigenvalue weighted by Gasteiger charge is -2.39. The fourth-order valence-corrected chi connectivity index (χ4v) is 4.61. The largest absolute Gasteiger partial charge is 0.349 e. The van der Waals surface area contributed by atoms with Crippen molar-refractivity contribution in [3.63, 3.8) is 0 Å². The number of nitrogens with zero attached hydrogens (tertiary/aromatic N) is 4. The molecular formula is C21H31N5S. The molecule has 1 aromatic carbocycles. The lowest BCUT2D eigenvalue weighted by molar-refractivity contribution is 0.375. The monoisotopic (exact) mass is 385 g/mol. The zero-order chi connectivity index (χ0) is 19.1. The molecule has 1 N–H and O–H groups in total. The minimum atomic E-state index is 0.270. The van der Waals surface area contributed by atoms with E-state index in [0.29, 0.717) is 6.54 Å². The molecule has 0 radical (unpaired) electrons. The van der Waals surface area contributed by atoms with Crippen LogP contribution >= 0.6 is 11.8 Å². The molecule has 2 aromatic rings. The van der Waals surface area contributed by atoms with Gasteiger partial charge in [0.15, 0.2) is 5.96 Å². The summed E-state index contributed by atoms with van der Waals surface area (Å²) in [5.41, 5.74) is 1.39. The van der Waals surface area contributed by atoms with Gasteiger partial charge in [-0.25, -0.2) is 4.98 Å². The Morgan fingerprint density at radius 3 is 2.85 bits per heavy atom. The van der Waals surface area contributed by atoms with Crippen molar-refractivity contribution in [3.8, 4) is 0 Å². The van der Waals surface area contributed by atoms with Crippen LogP contribution in [0.2, 0.25) is 0 Å². The van der Waals surface area contributed by atoms with E-state index in [9.17, 15) is 0 Å². The zero-order valence-corrected chi connectivity index (χ0v) is 17.5. The molecule has 0 saturated carbocycles. The van der Waals surface area contributed by atoms with Crippen molar-refractivity contribution in [2.45, 2.75) is 44.5 Å². The van der Waals surface area contributed by atoms with Gasteiger partial charge in [0.2, 0.25) is 0 Å². The molecule has 0 atom stereocenters. The molecule has 1 aromatic heterocycles. The van der Waals surface area contributed by atoms with Gasteiger partial charge in [-0.05, 0) is 32.3 Å². The van der Waals surface area contributed by atoms with Crippen LogP contribution in [0.15, 0.2) is 47.7 Å². The molecule has 1 saturated heterocycles. The van der Waals surface area contributed by atoms with Crippen LogP contribution < -0.4 is 5.32 Å². The SMILES string of the molecule is CN=C(NCc1nccn1CCCc1ccccc1)N1CCSC(C)(C)C1. The maximum atomic E-state index is 4.54. The maximum Gasteiger partial charge on any atom is 0.194 e. The van der Waals surface area contributed by atoms with Crippen molar-refractivity contribution in [2.24, 2.45) is 4.99 Å². The van der Waals surface area contributed by atoms with Gasteiger partial charge in [-0.2, -0.15) is 11.8 Å². The molecule has 27 heavy (non-hydrogen) atoms. The third-order valence-electron chi connectivity index (χ3n) is 4.85. The second-order valence-corrected chi connectivity index (χ2v) is 9.36. The Balaban J connectivity index is 1.51. The Bertz CT molecular complexity index is 738. The van der Waals surface area contributed by atoms with Crippen molar-refractivity contribution in [1.29, 1.82) is 0 Å². The topological polar surface area (TPSA) is 45.5 Å². The first-order chi connectivity index (χ1) is 13.1. The number of hydrogen-bond acceptors (Lipinski definition) is 3. The molecule has 0 unspecified atom stereocenters. The van der Waals surface area contributed by atoms with Crippen LogP contribution in [0.1, 0.15) is 31.7 Å². The average molecular weight is 386 g/mol. The van der Waals surface area contributed by atoms with E-state index in [1.54, 1.807) is 0 Å². The van der Waals surface area contributed by atoms with Crippen LogP contribution in [-0.4, -0.2) is 51.0 Å². The van der Waals surface area contributed by atoms with E-state index in [0.717, 1.165) is 50.0 Å².